The van der Waals surface area contributed by atoms with Gasteiger partial charge in [0.2, 0.25) is 0 Å². The van der Waals surface area contributed by atoms with Crippen LogP contribution in [0.15, 0.2) is 12.2 Å². The van der Waals surface area contributed by atoms with E-state index in [1.54, 1.807) is 6.92 Å². The molecule has 1 rings (SSSR count). The second kappa shape index (κ2) is 3.87. The van der Waals surface area contributed by atoms with Crippen LogP contribution in [0.1, 0.15) is 6.92 Å². The van der Waals surface area contributed by atoms with Crippen LogP contribution in [0.4, 0.5) is 0 Å². The van der Waals surface area contributed by atoms with Gasteiger partial charge in [-0.1, -0.05) is 0 Å². The van der Waals surface area contributed by atoms with Crippen molar-refractivity contribution in [3.63, 3.8) is 0 Å². The first-order valence-electron chi connectivity index (χ1n) is 3.40. The lowest BCUT2D eigenvalue weighted by molar-refractivity contribution is -0.275. The van der Waals surface area contributed by atoms with E-state index in [1.165, 1.54) is 0 Å². The van der Waals surface area contributed by atoms with Crippen molar-refractivity contribution in [1.82, 2.24) is 0 Å². The molecular weight excluding hydrogens is 164 g/mol. The van der Waals surface area contributed by atoms with E-state index in [4.69, 9.17) is 4.74 Å². The first kappa shape index (κ1) is 8.73. The van der Waals surface area contributed by atoms with Crippen LogP contribution in [-0.4, -0.2) is 24.6 Å². The summed E-state index contributed by atoms with van der Waals surface area (Å²) < 4.78 is 4.74. The van der Waals surface area contributed by atoms with Crippen LogP contribution in [0.25, 0.3) is 0 Å². The summed E-state index contributed by atoms with van der Waals surface area (Å²) in [6, 6.07) is 0. The van der Waals surface area contributed by atoms with Crippen molar-refractivity contribution in [3.05, 3.63) is 12.2 Å². The zero-order chi connectivity index (χ0) is 8.97. The Hall–Kier alpha value is -1.36. The molecule has 0 aromatic heterocycles. The number of hydrogen-bond donors (Lipinski definition) is 0. The van der Waals surface area contributed by atoms with Gasteiger partial charge < -0.3 is 4.74 Å². The van der Waals surface area contributed by atoms with Crippen molar-refractivity contribution in [2.45, 2.75) is 13.0 Å². The van der Waals surface area contributed by atoms with Crippen LogP contribution in [0, 0.1) is 0 Å². The van der Waals surface area contributed by atoms with Crippen LogP contribution in [-0.2, 0) is 24.1 Å². The lowest BCUT2D eigenvalue weighted by atomic mass is 10.4. The van der Waals surface area contributed by atoms with Gasteiger partial charge in [0.15, 0.2) is 0 Å². The smallest absolute Gasteiger partial charge is 0.366 e. The average Bonchev–Trinajstić information content (AvgIpc) is 2.05. The summed E-state index contributed by atoms with van der Waals surface area (Å²) in [5.74, 6) is -1.30. The molecule has 1 aliphatic heterocycles. The minimum absolute atomic E-state index is 0.0408. The predicted molar refractivity (Wildman–Crippen MR) is 36.7 cm³/mol. The van der Waals surface area contributed by atoms with Crippen molar-refractivity contribution in [1.29, 1.82) is 0 Å². The molecule has 0 radical (unpaired) electrons. The van der Waals surface area contributed by atoms with Gasteiger partial charge in [-0.05, 0) is 6.92 Å². The van der Waals surface area contributed by atoms with E-state index in [0.717, 1.165) is 12.2 Å². The van der Waals surface area contributed by atoms with Crippen molar-refractivity contribution >= 4 is 11.9 Å². The van der Waals surface area contributed by atoms with E-state index in [0.29, 0.717) is 0 Å². The average molecular weight is 172 g/mol. The van der Waals surface area contributed by atoms with Gasteiger partial charge in [-0.15, -0.1) is 0 Å². The Morgan fingerprint density at radius 2 is 2.00 bits per heavy atom. The molecule has 1 aliphatic rings. The fourth-order valence-electron chi connectivity index (χ4n) is 0.623. The third-order valence-electron chi connectivity index (χ3n) is 1.12. The number of carbonyl (C=O) groups is 2. The molecule has 0 bridgehead atoms. The third kappa shape index (κ3) is 2.71. The molecule has 0 aromatic carbocycles. The number of rotatable bonds is 0. The van der Waals surface area contributed by atoms with Crippen molar-refractivity contribution in [2.24, 2.45) is 0 Å². The van der Waals surface area contributed by atoms with E-state index in [1.807, 2.05) is 0 Å². The third-order valence-corrected chi connectivity index (χ3v) is 1.12. The van der Waals surface area contributed by atoms with Crippen molar-refractivity contribution < 1.29 is 24.1 Å². The normalized spacial score (nSPS) is 27.6. The topological polar surface area (TPSA) is 61.8 Å². The molecule has 0 saturated carbocycles. The molecule has 5 nitrogen and oxygen atoms in total. The molecule has 0 saturated heterocycles. The highest BCUT2D eigenvalue weighted by molar-refractivity contribution is 5.91. The number of carbonyl (C=O) groups excluding carboxylic acids is 2. The zero-order valence-corrected chi connectivity index (χ0v) is 6.48. The molecular formula is C7H8O5. The molecule has 5 heteroatoms. The molecule has 0 aliphatic carbocycles. The van der Waals surface area contributed by atoms with Crippen molar-refractivity contribution in [3.8, 4) is 0 Å². The maximum Gasteiger partial charge on any atom is 0.366 e. The van der Waals surface area contributed by atoms with E-state index in [9.17, 15) is 9.59 Å². The summed E-state index contributed by atoms with van der Waals surface area (Å²) in [6.07, 6.45) is 1.52. The van der Waals surface area contributed by atoms with Gasteiger partial charge in [0.1, 0.15) is 12.7 Å². The molecule has 0 aromatic rings. The predicted octanol–water partition coefficient (Wildman–Crippen LogP) is -0.0373. The Labute approximate surface area is 68.8 Å². The fourth-order valence-corrected chi connectivity index (χ4v) is 0.623. The summed E-state index contributed by atoms with van der Waals surface area (Å²) in [7, 11) is 0. The van der Waals surface area contributed by atoms with Gasteiger partial charge >= 0.3 is 11.9 Å². The highest BCUT2D eigenvalue weighted by Crippen LogP contribution is 1.98. The molecule has 12 heavy (non-hydrogen) atoms. The van der Waals surface area contributed by atoms with Crippen molar-refractivity contribution in [2.75, 3.05) is 6.61 Å². The molecule has 0 spiro atoms. The summed E-state index contributed by atoms with van der Waals surface area (Å²) in [4.78, 5) is 30.0. The van der Waals surface area contributed by atoms with E-state index < -0.39 is 18.0 Å². The maximum absolute atomic E-state index is 10.8. The van der Waals surface area contributed by atoms with Crippen LogP contribution in [0.2, 0.25) is 0 Å². The second-order valence-electron chi connectivity index (χ2n) is 2.27. The quantitative estimate of drug-likeness (QED) is 0.379. The maximum atomic E-state index is 10.8. The molecule has 66 valence electrons. The number of hydrogen-bond acceptors (Lipinski definition) is 5. The number of ether oxygens (including phenoxy) is 1. The van der Waals surface area contributed by atoms with Crippen LogP contribution < -0.4 is 0 Å². The Kier molecular flexibility index (Phi) is 2.82. The van der Waals surface area contributed by atoms with Crippen LogP contribution >= 0.6 is 0 Å². The zero-order valence-electron chi connectivity index (χ0n) is 6.48. The molecule has 1 atom stereocenters. The Bertz CT molecular complexity index is 220. The minimum Gasteiger partial charge on any atom is -0.457 e. The first-order valence-corrected chi connectivity index (χ1v) is 3.40. The highest BCUT2D eigenvalue weighted by atomic mass is 17.2. The highest BCUT2D eigenvalue weighted by Gasteiger charge is 2.12. The van der Waals surface area contributed by atoms with Crippen LogP contribution in [0.3, 0.4) is 0 Å². The van der Waals surface area contributed by atoms with E-state index >= 15 is 0 Å². The molecule has 1 heterocycles. The first-order chi connectivity index (χ1) is 5.68. The van der Waals surface area contributed by atoms with Gasteiger partial charge in [0.25, 0.3) is 0 Å². The fraction of sp³-hybridized carbons (Fsp3) is 0.429. The standard InChI is InChI=1S/C7H8O5/c1-5-4-10-12-7(9)3-2-6(8)11-5/h2-3,5H,4H2,1H3/b3-2+. The monoisotopic (exact) mass is 172 g/mol. The Morgan fingerprint density at radius 3 is 2.75 bits per heavy atom. The van der Waals surface area contributed by atoms with Gasteiger partial charge in [-0.3, -0.25) is 4.89 Å². The lowest BCUT2D eigenvalue weighted by Crippen LogP contribution is -2.18. The van der Waals surface area contributed by atoms with Gasteiger partial charge in [-0.2, -0.15) is 4.89 Å². The molecule has 1 unspecified atom stereocenters. The number of cyclic esters (lactones) is 1. The van der Waals surface area contributed by atoms with Crippen LogP contribution in [0.5, 0.6) is 0 Å². The molecule has 0 fully saturated rings. The SMILES string of the molecule is CC1COOC(=O)/C=C/C(=O)O1. The van der Waals surface area contributed by atoms with E-state index in [2.05, 4.69) is 9.78 Å². The van der Waals surface area contributed by atoms with Gasteiger partial charge in [0.05, 0.1) is 0 Å². The van der Waals surface area contributed by atoms with E-state index in [-0.39, 0.29) is 6.61 Å². The second-order valence-corrected chi connectivity index (χ2v) is 2.27. The summed E-state index contributed by atoms with van der Waals surface area (Å²) in [5, 5.41) is 0. The minimum atomic E-state index is -0.721. The lowest BCUT2D eigenvalue weighted by Gasteiger charge is -2.08. The summed E-state index contributed by atoms with van der Waals surface area (Å²) in [6.45, 7) is 1.67. The Balaban J connectivity index is 2.60. The summed E-state index contributed by atoms with van der Waals surface area (Å²) >= 11 is 0. The molecule has 0 amide bonds. The largest absolute Gasteiger partial charge is 0.457 e. The summed E-state index contributed by atoms with van der Waals surface area (Å²) in [5.41, 5.74) is 0. The molecule has 0 N–H and O–H groups in total. The van der Waals surface area contributed by atoms with Gasteiger partial charge in [0, 0.05) is 12.2 Å². The number of esters is 1. The Morgan fingerprint density at radius 1 is 1.33 bits per heavy atom. The van der Waals surface area contributed by atoms with Gasteiger partial charge in [-0.25, -0.2) is 9.59 Å².